The minimum absolute atomic E-state index is 0.0953. The van der Waals surface area contributed by atoms with E-state index in [1.807, 2.05) is 31.2 Å². The van der Waals surface area contributed by atoms with E-state index in [1.165, 1.54) is 17.2 Å². The number of hydrogen-bond acceptors (Lipinski definition) is 5. The van der Waals surface area contributed by atoms with E-state index in [0.717, 1.165) is 27.3 Å². The molecule has 0 N–H and O–H groups in total. The normalized spacial score (nSPS) is 20.3. The predicted molar refractivity (Wildman–Crippen MR) is 128 cm³/mol. The zero-order valence-electron chi connectivity index (χ0n) is 17.0. The Bertz CT molecular complexity index is 1300. The Kier molecular flexibility index (Phi) is 6.46. The van der Waals surface area contributed by atoms with Crippen molar-refractivity contribution in [3.8, 4) is 0 Å². The quantitative estimate of drug-likeness (QED) is 0.445. The fourth-order valence-electron chi connectivity index (χ4n) is 3.56. The van der Waals surface area contributed by atoms with Crippen LogP contribution < -0.4 is 0 Å². The van der Waals surface area contributed by atoms with Crippen LogP contribution in [0.1, 0.15) is 31.4 Å². The van der Waals surface area contributed by atoms with E-state index in [2.05, 4.69) is 20.9 Å². The average Bonchev–Trinajstić information content (AvgIpc) is 3.22. The molecule has 0 unspecified atom stereocenters. The number of hydrogen-bond donors (Lipinski definition) is 0. The summed E-state index contributed by atoms with van der Waals surface area (Å²) in [4.78, 5) is 19.0. The van der Waals surface area contributed by atoms with Crippen LogP contribution in [0.5, 0.6) is 0 Å². The van der Waals surface area contributed by atoms with Crippen LogP contribution in [0.2, 0.25) is 5.02 Å². The van der Waals surface area contributed by atoms with Crippen LogP contribution in [0.4, 0.5) is 4.39 Å². The molecule has 1 aliphatic rings. The molecule has 5 nitrogen and oxygen atoms in total. The highest BCUT2D eigenvalue weighted by Crippen LogP contribution is 2.40. The molecule has 4 rings (SSSR count). The van der Waals surface area contributed by atoms with Crippen molar-refractivity contribution in [2.45, 2.75) is 18.3 Å². The lowest BCUT2D eigenvalue weighted by Gasteiger charge is -2.35. The topological polar surface area (TPSA) is 67.3 Å². The summed E-state index contributed by atoms with van der Waals surface area (Å²) >= 11 is 10.4. The van der Waals surface area contributed by atoms with Gasteiger partial charge in [0.05, 0.1) is 17.3 Å². The Hall–Kier alpha value is -1.81. The number of nitrogens with zero attached hydrogens (tertiary/aromatic N) is 2. The van der Waals surface area contributed by atoms with Crippen molar-refractivity contribution in [1.82, 2.24) is 9.88 Å². The Labute approximate surface area is 203 Å². The number of aryl methyl sites for hydroxylation is 1. The third-order valence-electron chi connectivity index (χ3n) is 5.47. The number of aromatic nitrogens is 1. The number of carbonyl (C=O) groups excluding carboxylic acids is 1. The molecule has 0 radical (unpaired) electrons. The van der Waals surface area contributed by atoms with E-state index in [1.54, 1.807) is 12.1 Å². The zero-order valence-corrected chi connectivity index (χ0v) is 21.0. The summed E-state index contributed by atoms with van der Waals surface area (Å²) < 4.78 is 42.3. The minimum atomic E-state index is -4.15. The summed E-state index contributed by atoms with van der Waals surface area (Å²) in [7, 11) is -4.15. The second-order valence-electron chi connectivity index (χ2n) is 7.64. The molecule has 1 aromatic heterocycles. The maximum atomic E-state index is 16.1. The Balaban J connectivity index is 1.61. The van der Waals surface area contributed by atoms with Gasteiger partial charge in [-0.25, -0.2) is 17.8 Å². The van der Waals surface area contributed by atoms with Crippen molar-refractivity contribution in [1.29, 1.82) is 0 Å². The molecule has 2 heterocycles. The van der Waals surface area contributed by atoms with E-state index >= 15 is 4.39 Å². The lowest BCUT2D eigenvalue weighted by Crippen LogP contribution is -2.53. The first kappa shape index (κ1) is 23.4. The van der Waals surface area contributed by atoms with Crippen molar-refractivity contribution < 1.29 is 17.6 Å². The number of rotatable bonds is 4. The molecule has 0 spiro atoms. The van der Waals surface area contributed by atoms with Crippen molar-refractivity contribution in [2.24, 2.45) is 0 Å². The van der Waals surface area contributed by atoms with E-state index in [4.69, 9.17) is 11.6 Å². The molecular weight excluding hydrogens is 539 g/mol. The molecule has 10 heteroatoms. The molecule has 1 atom stereocenters. The molecule has 0 aliphatic carbocycles. The van der Waals surface area contributed by atoms with E-state index < -0.39 is 33.0 Å². The molecule has 3 aromatic rings. The molecule has 1 fully saturated rings. The number of alkyl halides is 1. The number of thiazole rings is 1. The first-order valence-electron chi connectivity index (χ1n) is 9.76. The first-order chi connectivity index (χ1) is 15.1. The maximum Gasteiger partial charge on any atom is 0.278 e. The van der Waals surface area contributed by atoms with Gasteiger partial charge in [0, 0.05) is 34.1 Å². The smallest absolute Gasteiger partial charge is 0.278 e. The summed E-state index contributed by atoms with van der Waals surface area (Å²) in [6.07, 6.45) is 2.04. The molecule has 32 heavy (non-hydrogen) atoms. The molecule has 168 valence electrons. The van der Waals surface area contributed by atoms with Crippen molar-refractivity contribution >= 4 is 54.6 Å². The summed E-state index contributed by atoms with van der Waals surface area (Å²) in [5.74, 6) is -0.959. The van der Waals surface area contributed by atoms with Crippen LogP contribution in [0.3, 0.4) is 0 Å². The van der Waals surface area contributed by atoms with E-state index in [0.29, 0.717) is 15.9 Å². The molecule has 0 saturated carbocycles. The van der Waals surface area contributed by atoms with Crippen LogP contribution in [-0.4, -0.2) is 43.1 Å². The second kappa shape index (κ2) is 8.85. The third kappa shape index (κ3) is 4.35. The van der Waals surface area contributed by atoms with Crippen LogP contribution in [0.15, 0.2) is 53.1 Å². The Morgan fingerprint density at radius 1 is 1.31 bits per heavy atom. The Morgan fingerprint density at radius 2 is 2.06 bits per heavy atom. The van der Waals surface area contributed by atoms with Gasteiger partial charge in [-0.1, -0.05) is 35.9 Å². The van der Waals surface area contributed by atoms with E-state index in [-0.39, 0.29) is 17.1 Å². The number of benzene rings is 2. The summed E-state index contributed by atoms with van der Waals surface area (Å²) in [6, 6.07) is 12.5. The van der Waals surface area contributed by atoms with Crippen molar-refractivity contribution in [3.63, 3.8) is 0 Å². The van der Waals surface area contributed by atoms with Gasteiger partial charge in [0.15, 0.2) is 9.84 Å². The standard InChI is InChI=1S/C22H19BrClFN2O3S2/c1-14-4-2-3-5-15(14)10-17-12-26-21(31-17)22(25)13-27(8-9-32(22,29)30)20(28)16-6-7-18(23)19(24)11-16/h2-7,11-12H,8-10,13H2,1H3/t22-/m0/s1. The van der Waals surface area contributed by atoms with Gasteiger partial charge >= 0.3 is 0 Å². The number of amides is 1. The monoisotopic (exact) mass is 556 g/mol. The Morgan fingerprint density at radius 3 is 2.78 bits per heavy atom. The van der Waals surface area contributed by atoms with Crippen LogP contribution >= 0.6 is 38.9 Å². The van der Waals surface area contributed by atoms with Gasteiger partial charge in [0.2, 0.25) is 0 Å². The average molecular weight is 558 g/mol. The predicted octanol–water partition coefficient (Wildman–Crippen LogP) is 5.15. The second-order valence-corrected chi connectivity index (χ2v) is 12.3. The summed E-state index contributed by atoms with van der Waals surface area (Å²) in [6.45, 7) is 1.28. The molecule has 1 aliphatic heterocycles. The van der Waals surface area contributed by atoms with Crippen molar-refractivity contribution in [2.75, 3.05) is 18.8 Å². The molecule has 2 aromatic carbocycles. The van der Waals surface area contributed by atoms with Gasteiger partial charge in [0.1, 0.15) is 5.01 Å². The number of carbonyl (C=O) groups is 1. The van der Waals surface area contributed by atoms with Gasteiger partial charge in [-0.3, -0.25) is 4.79 Å². The van der Waals surface area contributed by atoms with Gasteiger partial charge < -0.3 is 4.90 Å². The van der Waals surface area contributed by atoms with E-state index in [9.17, 15) is 13.2 Å². The largest absolute Gasteiger partial charge is 0.333 e. The minimum Gasteiger partial charge on any atom is -0.333 e. The SMILES string of the molecule is Cc1ccccc1Cc1cnc([C@]2(F)CN(C(=O)c3ccc(Br)c(Cl)c3)CCS2(=O)=O)s1. The molecule has 1 amide bonds. The maximum absolute atomic E-state index is 16.1. The third-order valence-corrected chi connectivity index (χ3v) is 9.99. The lowest BCUT2D eigenvalue weighted by atomic mass is 10.1. The molecule has 0 bridgehead atoms. The molecular formula is C22H19BrClFN2O3S2. The zero-order chi connectivity index (χ0) is 23.1. The van der Waals surface area contributed by atoms with Gasteiger partial charge in [-0.15, -0.1) is 11.3 Å². The lowest BCUT2D eigenvalue weighted by molar-refractivity contribution is 0.0666. The van der Waals surface area contributed by atoms with Gasteiger partial charge in [0.25, 0.3) is 10.9 Å². The fraction of sp³-hybridized carbons (Fsp3) is 0.273. The highest BCUT2D eigenvalue weighted by molar-refractivity contribution is 9.10. The van der Waals surface area contributed by atoms with Gasteiger partial charge in [-0.2, -0.15) is 0 Å². The fourth-order valence-corrected chi connectivity index (χ4v) is 6.85. The first-order valence-corrected chi connectivity index (χ1v) is 13.4. The molecule has 1 saturated heterocycles. The highest BCUT2D eigenvalue weighted by atomic mass is 79.9. The van der Waals surface area contributed by atoms with Crippen LogP contribution in [0, 0.1) is 6.92 Å². The summed E-state index contributed by atoms with van der Waals surface area (Å²) in [5, 5.41) is -2.56. The summed E-state index contributed by atoms with van der Waals surface area (Å²) in [5.41, 5.74) is 2.41. The van der Waals surface area contributed by atoms with Gasteiger partial charge in [-0.05, 0) is 52.2 Å². The highest BCUT2D eigenvalue weighted by Gasteiger charge is 2.53. The number of halogens is 3. The number of sulfone groups is 1. The van der Waals surface area contributed by atoms with Crippen LogP contribution in [0.25, 0.3) is 0 Å². The van der Waals surface area contributed by atoms with Crippen LogP contribution in [-0.2, 0) is 21.3 Å². The van der Waals surface area contributed by atoms with Crippen molar-refractivity contribution in [3.05, 3.63) is 84.7 Å².